The number of aromatic nitrogens is 2. The van der Waals surface area contributed by atoms with Gasteiger partial charge in [0.25, 0.3) is 5.89 Å². The first-order chi connectivity index (χ1) is 6.19. The van der Waals surface area contributed by atoms with Crippen molar-refractivity contribution in [3.05, 3.63) is 11.7 Å². The molecule has 0 spiro atoms. The van der Waals surface area contributed by atoms with E-state index >= 15 is 0 Å². The first-order valence-corrected chi connectivity index (χ1v) is 4.45. The highest BCUT2D eigenvalue weighted by molar-refractivity contribution is 4.92. The van der Waals surface area contributed by atoms with Gasteiger partial charge in [-0.1, -0.05) is 19.0 Å². The van der Waals surface area contributed by atoms with E-state index in [0.29, 0.717) is 18.7 Å². The lowest BCUT2D eigenvalue weighted by molar-refractivity contribution is 0.105. The number of aliphatic hydroxyl groups is 1. The van der Waals surface area contributed by atoms with E-state index in [9.17, 15) is 5.11 Å². The van der Waals surface area contributed by atoms with Crippen molar-refractivity contribution in [3.63, 3.8) is 0 Å². The molecule has 0 bridgehead atoms. The van der Waals surface area contributed by atoms with E-state index in [1.165, 1.54) is 0 Å². The molecule has 5 heteroatoms. The third kappa shape index (κ3) is 2.26. The Labute approximate surface area is 76.9 Å². The number of nitrogens with two attached hydrogens (primary N) is 1. The molecule has 1 rings (SSSR count). The normalized spacial score (nSPS) is 15.7. The molecule has 0 aromatic carbocycles. The van der Waals surface area contributed by atoms with Crippen LogP contribution in [-0.4, -0.2) is 21.3 Å². The van der Waals surface area contributed by atoms with Crippen molar-refractivity contribution in [1.29, 1.82) is 0 Å². The number of hydrogen-bond acceptors (Lipinski definition) is 5. The smallest absolute Gasteiger partial charge is 0.257 e. The molecule has 0 radical (unpaired) electrons. The molecule has 1 unspecified atom stereocenters. The molecule has 1 aromatic rings. The van der Waals surface area contributed by atoms with Crippen LogP contribution in [0.1, 0.15) is 38.1 Å². The average Bonchev–Trinajstić information content (AvgIpc) is 2.63. The third-order valence-corrected chi connectivity index (χ3v) is 1.93. The maximum atomic E-state index is 9.58. The molecule has 0 saturated carbocycles. The van der Waals surface area contributed by atoms with Crippen LogP contribution in [0.5, 0.6) is 0 Å². The van der Waals surface area contributed by atoms with Gasteiger partial charge in [-0.3, -0.25) is 0 Å². The first-order valence-electron chi connectivity index (χ1n) is 4.45. The number of hydrogen-bond donors (Lipinski definition) is 2. The minimum Gasteiger partial charge on any atom is -0.382 e. The van der Waals surface area contributed by atoms with Crippen LogP contribution in [0.25, 0.3) is 0 Å². The fourth-order valence-corrected chi connectivity index (χ4v) is 0.938. The van der Waals surface area contributed by atoms with Gasteiger partial charge in [-0.05, 0) is 6.42 Å². The molecule has 5 nitrogen and oxygen atoms in total. The summed E-state index contributed by atoms with van der Waals surface area (Å²) in [4.78, 5) is 3.99. The fourth-order valence-electron chi connectivity index (χ4n) is 0.938. The highest BCUT2D eigenvalue weighted by atomic mass is 16.5. The van der Waals surface area contributed by atoms with Crippen LogP contribution in [0.2, 0.25) is 0 Å². The van der Waals surface area contributed by atoms with E-state index in [1.807, 2.05) is 13.8 Å². The van der Waals surface area contributed by atoms with E-state index < -0.39 is 6.10 Å². The maximum Gasteiger partial charge on any atom is 0.257 e. The molecule has 3 N–H and O–H groups in total. The molecule has 0 amide bonds. The average molecular weight is 185 g/mol. The van der Waals surface area contributed by atoms with E-state index in [0.717, 1.165) is 0 Å². The molecular formula is C8H15N3O2. The van der Waals surface area contributed by atoms with Crippen LogP contribution in [0.4, 0.5) is 0 Å². The van der Waals surface area contributed by atoms with E-state index in [2.05, 4.69) is 10.1 Å². The van der Waals surface area contributed by atoms with Crippen molar-refractivity contribution in [2.45, 2.75) is 38.8 Å². The minimum atomic E-state index is -0.849. The lowest BCUT2D eigenvalue weighted by atomic mass is 10.1. The summed E-state index contributed by atoms with van der Waals surface area (Å²) in [5.74, 6) is 0.809. The molecule has 2 atom stereocenters. The van der Waals surface area contributed by atoms with Crippen molar-refractivity contribution in [2.24, 2.45) is 5.73 Å². The van der Waals surface area contributed by atoms with E-state index in [4.69, 9.17) is 10.3 Å². The van der Waals surface area contributed by atoms with Crippen LogP contribution in [-0.2, 0) is 6.42 Å². The van der Waals surface area contributed by atoms with Crippen molar-refractivity contribution in [1.82, 2.24) is 10.1 Å². The van der Waals surface area contributed by atoms with Crippen molar-refractivity contribution < 1.29 is 9.63 Å². The lowest BCUT2D eigenvalue weighted by Crippen LogP contribution is -2.27. The van der Waals surface area contributed by atoms with Gasteiger partial charge in [0.05, 0.1) is 0 Å². The van der Waals surface area contributed by atoms with Gasteiger partial charge in [0, 0.05) is 12.5 Å². The summed E-state index contributed by atoms with van der Waals surface area (Å²) >= 11 is 0. The minimum absolute atomic E-state index is 0.214. The second-order valence-corrected chi connectivity index (χ2v) is 2.92. The van der Waals surface area contributed by atoms with Gasteiger partial charge in [0.1, 0.15) is 6.10 Å². The molecule has 1 aromatic heterocycles. The Morgan fingerprint density at radius 2 is 2.23 bits per heavy atom. The van der Waals surface area contributed by atoms with Crippen molar-refractivity contribution in [3.8, 4) is 0 Å². The summed E-state index contributed by atoms with van der Waals surface area (Å²) in [5, 5.41) is 13.2. The molecule has 0 aliphatic carbocycles. The molecule has 0 aliphatic heterocycles. The predicted octanol–water partition coefficient (Wildman–Crippen LogP) is 0.403. The second kappa shape index (κ2) is 4.34. The molecule has 13 heavy (non-hydrogen) atoms. The quantitative estimate of drug-likeness (QED) is 0.709. The Balaban J connectivity index is 2.70. The number of aryl methyl sites for hydroxylation is 1. The van der Waals surface area contributed by atoms with Crippen molar-refractivity contribution >= 4 is 0 Å². The summed E-state index contributed by atoms with van der Waals surface area (Å²) in [6, 6.07) is -0.342. The molecule has 74 valence electrons. The number of nitrogens with zero attached hydrogens (tertiary/aromatic N) is 2. The van der Waals surface area contributed by atoms with E-state index in [-0.39, 0.29) is 11.9 Å². The monoisotopic (exact) mass is 185 g/mol. The summed E-state index contributed by atoms with van der Waals surface area (Å²) < 4.78 is 4.85. The highest BCUT2D eigenvalue weighted by Crippen LogP contribution is 2.15. The van der Waals surface area contributed by atoms with Gasteiger partial charge in [-0.2, -0.15) is 4.98 Å². The fraction of sp³-hybridized carbons (Fsp3) is 0.750. The Bertz CT molecular complexity index is 262. The van der Waals surface area contributed by atoms with Gasteiger partial charge in [0.15, 0.2) is 5.82 Å². The zero-order chi connectivity index (χ0) is 9.84. The van der Waals surface area contributed by atoms with Gasteiger partial charge >= 0.3 is 0 Å². The van der Waals surface area contributed by atoms with Crippen LogP contribution in [0, 0.1) is 0 Å². The van der Waals surface area contributed by atoms with Gasteiger partial charge in [-0.15, -0.1) is 0 Å². The Morgan fingerprint density at radius 1 is 1.54 bits per heavy atom. The van der Waals surface area contributed by atoms with Gasteiger partial charge < -0.3 is 15.4 Å². The number of aliphatic hydroxyl groups excluding tert-OH is 1. The summed E-state index contributed by atoms with van der Waals surface area (Å²) in [7, 11) is 0. The molecule has 1 heterocycles. The summed E-state index contributed by atoms with van der Waals surface area (Å²) in [6.45, 7) is 3.81. The van der Waals surface area contributed by atoms with Crippen LogP contribution in [0.15, 0.2) is 4.52 Å². The van der Waals surface area contributed by atoms with Gasteiger partial charge in [-0.25, -0.2) is 0 Å². The highest BCUT2D eigenvalue weighted by Gasteiger charge is 2.21. The Hall–Kier alpha value is -0.940. The molecule has 0 fully saturated rings. The van der Waals surface area contributed by atoms with Gasteiger partial charge in [0.2, 0.25) is 0 Å². The summed E-state index contributed by atoms with van der Waals surface area (Å²) in [6.07, 6.45) is 0.514. The SMILES string of the molecule is CCc1noc(C(O)[C@@H](N)CC)n1. The van der Waals surface area contributed by atoms with Crippen LogP contribution < -0.4 is 5.73 Å². The first kappa shape index (κ1) is 10.1. The largest absolute Gasteiger partial charge is 0.382 e. The van der Waals surface area contributed by atoms with Crippen molar-refractivity contribution in [2.75, 3.05) is 0 Å². The zero-order valence-corrected chi connectivity index (χ0v) is 7.90. The topological polar surface area (TPSA) is 85.2 Å². The molecular weight excluding hydrogens is 170 g/mol. The Kier molecular flexibility index (Phi) is 3.39. The van der Waals surface area contributed by atoms with Crippen LogP contribution >= 0.6 is 0 Å². The number of rotatable bonds is 4. The predicted molar refractivity (Wildman–Crippen MR) is 46.9 cm³/mol. The Morgan fingerprint density at radius 3 is 2.69 bits per heavy atom. The third-order valence-electron chi connectivity index (χ3n) is 1.93. The second-order valence-electron chi connectivity index (χ2n) is 2.92. The molecule has 0 saturated heterocycles. The standard InChI is InChI=1S/C8H15N3O2/c1-3-5(9)7(12)8-10-6(4-2)11-13-8/h5,7,12H,3-4,9H2,1-2H3/t5-,7?/m0/s1. The van der Waals surface area contributed by atoms with E-state index in [1.54, 1.807) is 0 Å². The molecule has 0 aliphatic rings. The zero-order valence-electron chi connectivity index (χ0n) is 7.90. The maximum absolute atomic E-state index is 9.58. The summed E-state index contributed by atoms with van der Waals surface area (Å²) in [5.41, 5.74) is 5.62. The van der Waals surface area contributed by atoms with Crippen LogP contribution in [0.3, 0.4) is 0 Å². The lowest BCUT2D eigenvalue weighted by Gasteiger charge is -2.11.